The van der Waals surface area contributed by atoms with Gasteiger partial charge in [-0.2, -0.15) is 0 Å². The molecule has 0 bridgehead atoms. The van der Waals surface area contributed by atoms with Crippen LogP contribution in [0.2, 0.25) is 0 Å². The molecule has 4 heteroatoms. The number of ether oxygens (including phenoxy) is 1. The fraction of sp³-hybridized carbons (Fsp3) is 0.0909. The van der Waals surface area contributed by atoms with Crippen LogP contribution in [0.15, 0.2) is 80.9 Å². The zero-order valence-electron chi connectivity index (χ0n) is 14.5. The summed E-state index contributed by atoms with van der Waals surface area (Å²) in [5.41, 5.74) is 4.14. The first kappa shape index (κ1) is 15.4. The van der Waals surface area contributed by atoms with E-state index in [1.54, 1.807) is 18.9 Å². The summed E-state index contributed by atoms with van der Waals surface area (Å²) in [6.45, 7) is 2.07. The molecule has 128 valence electrons. The standard InChI is InChI=1S/C22H17NO2S/c1-14-11-12-16(19(13-14)24-2)23-17-8-4-6-10-20(17)26-21-15-7-3-5-9-18(15)25-22(21)23/h3-13H,1-2H3. The number of anilines is 3. The van der Waals surface area contributed by atoms with Gasteiger partial charge in [0.1, 0.15) is 11.3 Å². The summed E-state index contributed by atoms with van der Waals surface area (Å²) in [5.74, 6) is 1.68. The maximum atomic E-state index is 6.29. The lowest BCUT2D eigenvalue weighted by atomic mass is 10.1. The Bertz CT molecular complexity index is 1130. The maximum absolute atomic E-state index is 6.29. The first-order chi connectivity index (χ1) is 12.8. The second-order valence-electron chi connectivity index (χ2n) is 6.31. The molecule has 3 aromatic carbocycles. The molecule has 0 spiro atoms. The minimum Gasteiger partial charge on any atom is -0.495 e. The Hall–Kier alpha value is -2.85. The van der Waals surface area contributed by atoms with Crippen LogP contribution in [0.3, 0.4) is 0 Å². The van der Waals surface area contributed by atoms with E-state index in [2.05, 4.69) is 66.4 Å². The zero-order chi connectivity index (χ0) is 17.7. The molecule has 4 aromatic rings. The second kappa shape index (κ2) is 5.85. The van der Waals surface area contributed by atoms with E-state index in [0.29, 0.717) is 0 Å². The van der Waals surface area contributed by atoms with E-state index >= 15 is 0 Å². The molecule has 0 unspecified atom stereocenters. The maximum Gasteiger partial charge on any atom is 0.220 e. The van der Waals surface area contributed by atoms with Gasteiger partial charge in [-0.3, -0.25) is 4.90 Å². The third-order valence-electron chi connectivity index (χ3n) is 4.63. The van der Waals surface area contributed by atoms with E-state index < -0.39 is 0 Å². The third kappa shape index (κ3) is 2.22. The number of methoxy groups -OCH3 is 1. The molecule has 0 saturated heterocycles. The largest absolute Gasteiger partial charge is 0.495 e. The van der Waals surface area contributed by atoms with Crippen LogP contribution in [-0.4, -0.2) is 7.11 Å². The normalized spacial score (nSPS) is 12.8. The van der Waals surface area contributed by atoms with Gasteiger partial charge in [-0.05, 0) is 48.9 Å². The van der Waals surface area contributed by atoms with Gasteiger partial charge in [0.15, 0.2) is 0 Å². The van der Waals surface area contributed by atoms with E-state index in [0.717, 1.165) is 44.4 Å². The summed E-state index contributed by atoms with van der Waals surface area (Å²) in [6, 6.07) is 22.8. The van der Waals surface area contributed by atoms with Crippen molar-refractivity contribution < 1.29 is 9.15 Å². The summed E-state index contributed by atoms with van der Waals surface area (Å²) in [7, 11) is 1.71. The van der Waals surface area contributed by atoms with Gasteiger partial charge >= 0.3 is 0 Å². The molecule has 1 aliphatic heterocycles. The third-order valence-corrected chi connectivity index (χ3v) is 5.79. The fourth-order valence-electron chi connectivity index (χ4n) is 3.41. The molecular weight excluding hydrogens is 342 g/mol. The van der Waals surface area contributed by atoms with Gasteiger partial charge in [-0.15, -0.1) is 0 Å². The molecule has 0 saturated carbocycles. The Labute approximate surface area is 156 Å². The van der Waals surface area contributed by atoms with Crippen LogP contribution in [-0.2, 0) is 0 Å². The molecule has 0 amide bonds. The molecular formula is C22H17NO2S. The summed E-state index contributed by atoms with van der Waals surface area (Å²) < 4.78 is 12.0. The van der Waals surface area contributed by atoms with Crippen molar-refractivity contribution >= 4 is 40.0 Å². The van der Waals surface area contributed by atoms with Crippen molar-refractivity contribution in [1.82, 2.24) is 0 Å². The van der Waals surface area contributed by atoms with E-state index in [1.165, 1.54) is 4.90 Å². The second-order valence-corrected chi connectivity index (χ2v) is 7.37. The van der Waals surface area contributed by atoms with Crippen molar-refractivity contribution in [3.05, 3.63) is 72.3 Å². The van der Waals surface area contributed by atoms with Crippen molar-refractivity contribution in [3.63, 3.8) is 0 Å². The van der Waals surface area contributed by atoms with Crippen LogP contribution in [0.1, 0.15) is 5.56 Å². The Morgan fingerprint density at radius 3 is 2.62 bits per heavy atom. The van der Waals surface area contributed by atoms with Gasteiger partial charge in [-0.1, -0.05) is 42.1 Å². The van der Waals surface area contributed by atoms with Crippen LogP contribution in [0.4, 0.5) is 17.3 Å². The van der Waals surface area contributed by atoms with Crippen LogP contribution >= 0.6 is 11.8 Å². The van der Waals surface area contributed by atoms with Crippen LogP contribution in [0, 0.1) is 6.92 Å². The molecule has 0 radical (unpaired) electrons. The molecule has 0 N–H and O–H groups in total. The minimum absolute atomic E-state index is 0.832. The lowest BCUT2D eigenvalue weighted by Gasteiger charge is -2.30. The predicted molar refractivity (Wildman–Crippen MR) is 106 cm³/mol. The number of rotatable bonds is 2. The molecule has 1 aromatic heterocycles. The van der Waals surface area contributed by atoms with Crippen LogP contribution in [0.25, 0.3) is 11.0 Å². The first-order valence-electron chi connectivity index (χ1n) is 8.49. The van der Waals surface area contributed by atoms with Crippen molar-refractivity contribution in [2.75, 3.05) is 12.0 Å². The number of furan rings is 1. The van der Waals surface area contributed by atoms with Crippen molar-refractivity contribution in [1.29, 1.82) is 0 Å². The van der Waals surface area contributed by atoms with Crippen molar-refractivity contribution in [2.24, 2.45) is 0 Å². The lowest BCUT2D eigenvalue weighted by molar-refractivity contribution is 0.415. The fourth-order valence-corrected chi connectivity index (χ4v) is 4.54. The molecule has 0 aliphatic carbocycles. The van der Waals surface area contributed by atoms with Gasteiger partial charge in [0, 0.05) is 10.3 Å². The Morgan fingerprint density at radius 1 is 0.923 bits per heavy atom. The minimum atomic E-state index is 0.832. The molecule has 0 atom stereocenters. The van der Waals surface area contributed by atoms with Crippen LogP contribution < -0.4 is 9.64 Å². The average Bonchev–Trinajstić information content (AvgIpc) is 3.04. The predicted octanol–water partition coefficient (Wildman–Crippen LogP) is 6.68. The molecule has 3 nitrogen and oxygen atoms in total. The summed E-state index contributed by atoms with van der Waals surface area (Å²) in [5, 5.41) is 1.14. The summed E-state index contributed by atoms with van der Waals surface area (Å²) in [6.07, 6.45) is 0. The molecule has 0 fully saturated rings. The number of hydrogen-bond donors (Lipinski definition) is 0. The lowest BCUT2D eigenvalue weighted by Crippen LogP contribution is -2.14. The number of fused-ring (bicyclic) bond motifs is 4. The van der Waals surface area contributed by atoms with Crippen molar-refractivity contribution in [3.8, 4) is 5.75 Å². The van der Waals surface area contributed by atoms with Crippen LogP contribution in [0.5, 0.6) is 5.75 Å². The highest BCUT2D eigenvalue weighted by molar-refractivity contribution is 8.00. The Balaban J connectivity index is 1.83. The quantitative estimate of drug-likeness (QED) is 0.351. The van der Waals surface area contributed by atoms with Gasteiger partial charge < -0.3 is 9.15 Å². The van der Waals surface area contributed by atoms with Gasteiger partial charge in [0.2, 0.25) is 5.88 Å². The number of aryl methyl sites for hydroxylation is 1. The summed E-state index contributed by atoms with van der Waals surface area (Å²) >= 11 is 1.76. The number of para-hydroxylation sites is 2. The monoisotopic (exact) mass is 359 g/mol. The Kier molecular flexibility index (Phi) is 3.47. The first-order valence-corrected chi connectivity index (χ1v) is 9.31. The van der Waals surface area contributed by atoms with Gasteiger partial charge in [0.05, 0.1) is 23.4 Å². The highest BCUT2D eigenvalue weighted by atomic mass is 32.2. The Morgan fingerprint density at radius 2 is 1.73 bits per heavy atom. The van der Waals surface area contributed by atoms with Gasteiger partial charge in [-0.25, -0.2) is 0 Å². The summed E-state index contributed by atoms with van der Waals surface area (Å²) in [4.78, 5) is 4.51. The van der Waals surface area contributed by atoms with E-state index in [4.69, 9.17) is 9.15 Å². The number of benzene rings is 3. The highest BCUT2D eigenvalue weighted by Crippen LogP contribution is 2.56. The molecule has 5 rings (SSSR count). The molecule has 26 heavy (non-hydrogen) atoms. The zero-order valence-corrected chi connectivity index (χ0v) is 15.3. The SMILES string of the molecule is COc1cc(C)ccc1N1c2ccccc2Sc2c1oc1ccccc21. The number of nitrogens with zero attached hydrogens (tertiary/aromatic N) is 1. The highest BCUT2D eigenvalue weighted by Gasteiger charge is 2.31. The topological polar surface area (TPSA) is 25.6 Å². The molecule has 2 heterocycles. The van der Waals surface area contributed by atoms with E-state index in [9.17, 15) is 0 Å². The van der Waals surface area contributed by atoms with E-state index in [1.807, 2.05) is 12.1 Å². The molecule has 1 aliphatic rings. The van der Waals surface area contributed by atoms with E-state index in [-0.39, 0.29) is 0 Å². The van der Waals surface area contributed by atoms with Gasteiger partial charge in [0.25, 0.3) is 0 Å². The average molecular weight is 359 g/mol. The smallest absolute Gasteiger partial charge is 0.220 e. The number of hydrogen-bond acceptors (Lipinski definition) is 4. The van der Waals surface area contributed by atoms with Crippen molar-refractivity contribution in [2.45, 2.75) is 16.7 Å².